The van der Waals surface area contributed by atoms with Gasteiger partial charge in [0.1, 0.15) is 11.6 Å². The number of rotatable bonds is 4. The molecule has 11 heteroatoms. The molecule has 0 aliphatic carbocycles. The molecule has 7 aromatic rings. The SMILES string of the molecule is N#Cc1cnc(Cn2nccc2-c2cc(F)c3nnn(-c4ccc5[nH]c(=O)[nH]c5c4)c3c2)c2ccccc12. The summed E-state index contributed by atoms with van der Waals surface area (Å²) in [6.45, 7) is 0.323. The van der Waals surface area contributed by atoms with E-state index in [0.717, 1.165) is 16.5 Å². The number of aromatic nitrogens is 8. The van der Waals surface area contributed by atoms with Crippen molar-refractivity contribution in [3.8, 4) is 23.0 Å². The Morgan fingerprint density at radius 1 is 1.00 bits per heavy atom. The number of hydrogen-bond acceptors (Lipinski definition) is 6. The maximum Gasteiger partial charge on any atom is 0.323 e. The molecule has 0 radical (unpaired) electrons. The number of nitrogens with zero attached hydrogens (tertiary/aromatic N) is 7. The summed E-state index contributed by atoms with van der Waals surface area (Å²) in [5, 5.41) is 23.8. The molecule has 0 saturated heterocycles. The maximum atomic E-state index is 15.2. The minimum Gasteiger partial charge on any atom is -0.306 e. The second-order valence-electron chi connectivity index (χ2n) is 8.79. The Morgan fingerprint density at radius 2 is 1.84 bits per heavy atom. The van der Waals surface area contributed by atoms with E-state index in [-0.39, 0.29) is 11.2 Å². The molecule has 182 valence electrons. The number of fused-ring (bicyclic) bond motifs is 3. The lowest BCUT2D eigenvalue weighted by atomic mass is 10.1. The molecular weight excluding hydrogens is 485 g/mol. The number of halogens is 1. The number of imidazole rings is 1. The Morgan fingerprint density at radius 3 is 2.71 bits per heavy atom. The van der Waals surface area contributed by atoms with Crippen molar-refractivity contribution in [2.45, 2.75) is 6.54 Å². The van der Waals surface area contributed by atoms with Crippen molar-refractivity contribution in [3.05, 3.63) is 101 Å². The van der Waals surface area contributed by atoms with Gasteiger partial charge in [0.2, 0.25) is 0 Å². The highest BCUT2D eigenvalue weighted by molar-refractivity contribution is 5.89. The minimum atomic E-state index is -0.519. The Balaban J connectivity index is 1.33. The zero-order valence-electron chi connectivity index (χ0n) is 19.6. The van der Waals surface area contributed by atoms with Crippen LogP contribution in [0, 0.1) is 17.1 Å². The Kier molecular flexibility index (Phi) is 4.67. The van der Waals surface area contributed by atoms with E-state index >= 15 is 4.39 Å². The van der Waals surface area contributed by atoms with Crippen LogP contribution in [0.15, 0.2) is 77.9 Å². The van der Waals surface area contributed by atoms with E-state index in [1.54, 1.807) is 47.4 Å². The molecule has 0 bridgehead atoms. The van der Waals surface area contributed by atoms with Gasteiger partial charge in [-0.1, -0.05) is 29.5 Å². The molecular formula is C27H16FN9O. The molecule has 38 heavy (non-hydrogen) atoms. The Bertz CT molecular complexity index is 2130. The van der Waals surface area contributed by atoms with Gasteiger partial charge in [0.25, 0.3) is 0 Å². The van der Waals surface area contributed by atoms with Crippen LogP contribution in [0.5, 0.6) is 0 Å². The third kappa shape index (κ3) is 3.35. The van der Waals surface area contributed by atoms with Crippen LogP contribution >= 0.6 is 0 Å². The van der Waals surface area contributed by atoms with E-state index in [4.69, 9.17) is 0 Å². The van der Waals surface area contributed by atoms with Crippen LogP contribution in [0.1, 0.15) is 11.3 Å². The molecule has 0 amide bonds. The van der Waals surface area contributed by atoms with Gasteiger partial charge in [-0.15, -0.1) is 5.10 Å². The van der Waals surface area contributed by atoms with Gasteiger partial charge in [0, 0.05) is 28.7 Å². The number of aromatic amines is 2. The third-order valence-corrected chi connectivity index (χ3v) is 6.56. The van der Waals surface area contributed by atoms with Gasteiger partial charge in [-0.05, 0) is 36.4 Å². The third-order valence-electron chi connectivity index (χ3n) is 6.56. The van der Waals surface area contributed by atoms with Gasteiger partial charge in [-0.3, -0.25) is 9.67 Å². The van der Waals surface area contributed by atoms with Crippen molar-refractivity contribution < 1.29 is 4.39 Å². The molecule has 4 heterocycles. The van der Waals surface area contributed by atoms with Gasteiger partial charge in [-0.2, -0.15) is 10.4 Å². The zero-order chi connectivity index (χ0) is 25.8. The molecule has 10 nitrogen and oxygen atoms in total. The van der Waals surface area contributed by atoms with Crippen LogP contribution in [0.25, 0.3) is 49.8 Å². The standard InChI is InChI=1S/C27H16FN9O/c28-20-9-15(10-25-26(20)34-35-37(25)17-5-6-21-22(11-17)33-27(38)32-21)24-7-8-31-36(24)14-23-19-4-2-1-3-18(19)16(12-29)13-30-23/h1-11,13H,14H2,(H2,32,33,38). The molecule has 2 N–H and O–H groups in total. The summed E-state index contributed by atoms with van der Waals surface area (Å²) in [5.74, 6) is -0.519. The average Bonchev–Trinajstić information content (AvgIpc) is 3.66. The fourth-order valence-electron chi connectivity index (χ4n) is 4.79. The second kappa shape index (κ2) is 8.21. The van der Waals surface area contributed by atoms with Crippen LogP contribution < -0.4 is 5.69 Å². The normalized spacial score (nSPS) is 11.5. The van der Waals surface area contributed by atoms with Gasteiger partial charge in [-0.25, -0.2) is 13.9 Å². The van der Waals surface area contributed by atoms with Crippen LogP contribution in [0.3, 0.4) is 0 Å². The summed E-state index contributed by atoms with van der Waals surface area (Å²) in [6, 6.07) is 20.1. The molecule has 3 aromatic carbocycles. The lowest BCUT2D eigenvalue weighted by Gasteiger charge is -2.11. The second-order valence-corrected chi connectivity index (χ2v) is 8.79. The van der Waals surface area contributed by atoms with Crippen LogP contribution in [-0.4, -0.2) is 39.7 Å². The highest BCUT2D eigenvalue weighted by atomic mass is 19.1. The van der Waals surface area contributed by atoms with Crippen molar-refractivity contribution >= 4 is 32.8 Å². The molecule has 0 aliphatic rings. The Hall–Kier alpha value is -5.63. The quantitative estimate of drug-likeness (QED) is 0.374. The van der Waals surface area contributed by atoms with E-state index in [9.17, 15) is 10.1 Å². The highest BCUT2D eigenvalue weighted by Crippen LogP contribution is 2.29. The number of benzene rings is 3. The van der Waals surface area contributed by atoms with Gasteiger partial charge in [0.15, 0.2) is 5.82 Å². The summed E-state index contributed by atoms with van der Waals surface area (Å²) in [4.78, 5) is 21.6. The first-order valence-corrected chi connectivity index (χ1v) is 11.7. The van der Waals surface area contributed by atoms with Gasteiger partial charge >= 0.3 is 5.69 Å². The molecule has 0 atom stereocenters. The van der Waals surface area contributed by atoms with Gasteiger partial charge in [0.05, 0.1) is 45.7 Å². The predicted molar refractivity (Wildman–Crippen MR) is 138 cm³/mol. The summed E-state index contributed by atoms with van der Waals surface area (Å²) in [6.07, 6.45) is 3.21. The van der Waals surface area contributed by atoms with Crippen molar-refractivity contribution in [1.29, 1.82) is 5.26 Å². The summed E-state index contributed by atoms with van der Waals surface area (Å²) >= 11 is 0. The van der Waals surface area contributed by atoms with Crippen molar-refractivity contribution in [1.82, 2.24) is 39.7 Å². The van der Waals surface area contributed by atoms with E-state index in [0.29, 0.717) is 45.6 Å². The first-order valence-electron chi connectivity index (χ1n) is 11.7. The molecule has 0 saturated carbocycles. The first kappa shape index (κ1) is 21.6. The van der Waals surface area contributed by atoms with Gasteiger partial charge < -0.3 is 9.97 Å². The van der Waals surface area contributed by atoms with E-state index in [2.05, 4.69) is 36.4 Å². The van der Waals surface area contributed by atoms with E-state index < -0.39 is 5.82 Å². The number of nitrogens with one attached hydrogen (secondary N) is 2. The molecule has 0 fully saturated rings. The molecule has 0 aliphatic heterocycles. The molecule has 4 aromatic heterocycles. The summed E-state index contributed by atoms with van der Waals surface area (Å²) in [5.41, 5.74) is 4.67. The fourth-order valence-corrected chi connectivity index (χ4v) is 4.79. The molecule has 0 unspecified atom stereocenters. The van der Waals surface area contributed by atoms with Crippen LogP contribution in [-0.2, 0) is 6.54 Å². The summed E-state index contributed by atoms with van der Waals surface area (Å²) in [7, 11) is 0. The summed E-state index contributed by atoms with van der Waals surface area (Å²) < 4.78 is 18.5. The average molecular weight is 501 g/mol. The zero-order valence-corrected chi connectivity index (χ0v) is 19.6. The number of pyridine rings is 1. The topological polar surface area (TPSA) is 134 Å². The fraction of sp³-hybridized carbons (Fsp3) is 0.0370. The molecule has 7 rings (SSSR count). The number of nitriles is 1. The maximum absolute atomic E-state index is 15.2. The van der Waals surface area contributed by atoms with E-state index in [1.165, 1.54) is 10.7 Å². The van der Waals surface area contributed by atoms with Crippen LogP contribution in [0.2, 0.25) is 0 Å². The van der Waals surface area contributed by atoms with Crippen molar-refractivity contribution in [2.24, 2.45) is 0 Å². The predicted octanol–water partition coefficient (Wildman–Crippen LogP) is 4.06. The smallest absolute Gasteiger partial charge is 0.306 e. The van der Waals surface area contributed by atoms with Crippen molar-refractivity contribution in [3.63, 3.8) is 0 Å². The largest absolute Gasteiger partial charge is 0.323 e. The number of H-pyrrole nitrogens is 2. The first-order chi connectivity index (χ1) is 18.6. The van der Waals surface area contributed by atoms with Crippen molar-refractivity contribution in [2.75, 3.05) is 0 Å². The molecule has 0 spiro atoms. The lowest BCUT2D eigenvalue weighted by molar-refractivity contribution is 0.635. The Labute approximate surface area is 212 Å². The lowest BCUT2D eigenvalue weighted by Crippen LogP contribution is -2.06. The monoisotopic (exact) mass is 501 g/mol. The van der Waals surface area contributed by atoms with Crippen LogP contribution in [0.4, 0.5) is 4.39 Å². The minimum absolute atomic E-state index is 0.127. The van der Waals surface area contributed by atoms with E-state index in [1.807, 2.05) is 24.3 Å². The highest BCUT2D eigenvalue weighted by Gasteiger charge is 2.17. The number of hydrogen-bond donors (Lipinski definition) is 2.